The van der Waals surface area contributed by atoms with Gasteiger partial charge in [-0.25, -0.2) is 4.79 Å². The molecule has 158 valence electrons. The fraction of sp³-hybridized carbons (Fsp3) is 0.263. The lowest BCUT2D eigenvalue weighted by molar-refractivity contribution is -0.403. The van der Waals surface area contributed by atoms with Crippen LogP contribution in [0.15, 0.2) is 48.5 Å². The van der Waals surface area contributed by atoms with Crippen LogP contribution in [0.4, 0.5) is 11.4 Å². The second-order valence-electron chi connectivity index (χ2n) is 6.54. The lowest BCUT2D eigenvalue weighted by Gasteiger charge is -2.18. The summed E-state index contributed by atoms with van der Waals surface area (Å²) < 4.78 is 4.73. The lowest BCUT2D eigenvalue weighted by Crippen LogP contribution is -2.69. The minimum absolute atomic E-state index is 0.0577. The van der Waals surface area contributed by atoms with E-state index in [1.165, 1.54) is 55.6 Å². The maximum atomic E-state index is 12.5. The summed E-state index contributed by atoms with van der Waals surface area (Å²) in [4.78, 5) is 45.0. The number of rotatable bonds is 9. The Bertz CT molecular complexity index is 929. The minimum Gasteiger partial charge on any atom is -0.467 e. The molecule has 11 nitrogen and oxygen atoms in total. The van der Waals surface area contributed by atoms with Gasteiger partial charge in [0.15, 0.2) is 6.04 Å². The van der Waals surface area contributed by atoms with Crippen molar-refractivity contribution in [2.75, 3.05) is 7.11 Å². The number of amides is 1. The summed E-state index contributed by atoms with van der Waals surface area (Å²) >= 11 is 0. The predicted molar refractivity (Wildman–Crippen MR) is 104 cm³/mol. The summed E-state index contributed by atoms with van der Waals surface area (Å²) in [6.07, 6.45) is 0.301. The average molecular weight is 417 g/mol. The zero-order chi connectivity index (χ0) is 22.3. The maximum Gasteiger partial charge on any atom is 0.328 e. The van der Waals surface area contributed by atoms with Gasteiger partial charge in [0, 0.05) is 37.1 Å². The van der Waals surface area contributed by atoms with Gasteiger partial charge >= 0.3 is 5.97 Å². The van der Waals surface area contributed by atoms with E-state index in [0.717, 1.165) is 0 Å². The minimum atomic E-state index is -0.995. The van der Waals surface area contributed by atoms with Gasteiger partial charge in [-0.1, -0.05) is 24.3 Å². The summed E-state index contributed by atoms with van der Waals surface area (Å²) in [5.41, 5.74) is 4.94. The van der Waals surface area contributed by atoms with Gasteiger partial charge in [0.1, 0.15) is 6.04 Å². The standard InChI is InChI=1S/C19H20N4O7/c1-30-19(25)17(11-13-4-8-15(9-5-13)23(28)29)21-18(24)16(20)10-12-2-6-14(7-3-12)22(26)27/h2-9,16-17H,10-11,20H2,1H3,(H,21,24)/p+1/t16-,17-/m0/s1. The molecular formula is C19H21N4O7+. The molecule has 0 aliphatic carbocycles. The van der Waals surface area contributed by atoms with Crippen LogP contribution in [-0.2, 0) is 27.2 Å². The number of esters is 1. The van der Waals surface area contributed by atoms with Crippen LogP contribution >= 0.6 is 0 Å². The van der Waals surface area contributed by atoms with Gasteiger partial charge in [-0.05, 0) is 11.1 Å². The van der Waals surface area contributed by atoms with E-state index in [4.69, 9.17) is 4.74 Å². The fourth-order valence-electron chi connectivity index (χ4n) is 2.75. The van der Waals surface area contributed by atoms with E-state index < -0.39 is 33.8 Å². The van der Waals surface area contributed by atoms with Gasteiger partial charge in [-0.15, -0.1) is 0 Å². The van der Waals surface area contributed by atoms with Crippen LogP contribution < -0.4 is 11.1 Å². The molecule has 2 rings (SSSR count). The molecule has 0 radical (unpaired) electrons. The highest BCUT2D eigenvalue weighted by Gasteiger charge is 2.27. The lowest BCUT2D eigenvalue weighted by atomic mass is 10.0. The van der Waals surface area contributed by atoms with E-state index in [9.17, 15) is 29.8 Å². The van der Waals surface area contributed by atoms with Crippen LogP contribution in [0, 0.1) is 20.2 Å². The first-order valence-electron chi connectivity index (χ1n) is 8.89. The van der Waals surface area contributed by atoms with Crippen LogP contribution in [0.5, 0.6) is 0 Å². The van der Waals surface area contributed by atoms with Gasteiger partial charge < -0.3 is 15.8 Å². The zero-order valence-electron chi connectivity index (χ0n) is 16.1. The maximum absolute atomic E-state index is 12.5. The number of nitrogens with zero attached hydrogens (tertiary/aromatic N) is 2. The molecule has 30 heavy (non-hydrogen) atoms. The molecule has 0 saturated heterocycles. The van der Waals surface area contributed by atoms with Crippen LogP contribution in [-0.4, -0.2) is 40.9 Å². The van der Waals surface area contributed by atoms with E-state index >= 15 is 0 Å². The number of nitro benzene ring substituents is 2. The molecule has 0 spiro atoms. The first kappa shape index (κ1) is 22.4. The first-order valence-corrected chi connectivity index (χ1v) is 8.89. The Kier molecular flexibility index (Phi) is 7.53. The average Bonchev–Trinajstić information content (AvgIpc) is 2.73. The van der Waals surface area contributed by atoms with Crippen LogP contribution in [0.3, 0.4) is 0 Å². The molecule has 2 atom stereocenters. The van der Waals surface area contributed by atoms with E-state index in [0.29, 0.717) is 11.1 Å². The van der Waals surface area contributed by atoms with Crippen LogP contribution in [0.25, 0.3) is 0 Å². The normalized spacial score (nSPS) is 12.5. The van der Waals surface area contributed by atoms with Crippen molar-refractivity contribution >= 4 is 23.3 Å². The summed E-state index contributed by atoms with van der Waals surface area (Å²) in [6, 6.07) is 9.63. The molecule has 11 heteroatoms. The molecule has 0 aromatic heterocycles. The molecule has 4 N–H and O–H groups in total. The second-order valence-corrected chi connectivity index (χ2v) is 6.54. The Morgan fingerprint density at radius 2 is 1.37 bits per heavy atom. The van der Waals surface area contributed by atoms with Crippen molar-refractivity contribution in [1.82, 2.24) is 5.32 Å². The third-order valence-electron chi connectivity index (χ3n) is 4.39. The number of nitrogens with one attached hydrogen (secondary N) is 1. The van der Waals surface area contributed by atoms with Crippen molar-refractivity contribution in [3.05, 3.63) is 79.9 Å². The molecule has 0 fully saturated rings. The highest BCUT2D eigenvalue weighted by molar-refractivity contribution is 5.87. The number of hydrogen-bond donors (Lipinski definition) is 2. The highest BCUT2D eigenvalue weighted by atomic mass is 16.6. The molecule has 0 aliphatic heterocycles. The summed E-state index contributed by atoms with van der Waals surface area (Å²) in [7, 11) is 1.19. The Labute approximate surface area is 171 Å². The molecule has 1 amide bonds. The van der Waals surface area contributed by atoms with Gasteiger partial charge in [0.25, 0.3) is 17.3 Å². The van der Waals surface area contributed by atoms with Crippen molar-refractivity contribution in [3.63, 3.8) is 0 Å². The molecule has 0 unspecified atom stereocenters. The molecule has 2 aromatic carbocycles. The Morgan fingerprint density at radius 1 is 0.933 bits per heavy atom. The predicted octanol–water partition coefficient (Wildman–Crippen LogP) is 0.557. The molecule has 0 aliphatic rings. The van der Waals surface area contributed by atoms with E-state index in [-0.39, 0.29) is 24.2 Å². The third kappa shape index (κ3) is 6.07. The number of non-ortho nitro benzene ring substituents is 2. The van der Waals surface area contributed by atoms with E-state index in [2.05, 4.69) is 11.1 Å². The first-order chi connectivity index (χ1) is 14.2. The SMILES string of the molecule is COC(=O)[C@H](Cc1ccc([N+](=O)[O-])cc1)NC(=O)[C@@H]([NH3+])Cc1ccc([N+](=O)[O-])cc1. The number of carbonyl (C=O) groups is 2. The topological polar surface area (TPSA) is 169 Å². The molecule has 0 saturated carbocycles. The van der Waals surface area contributed by atoms with Crippen molar-refractivity contribution in [2.45, 2.75) is 24.9 Å². The highest BCUT2D eigenvalue weighted by Crippen LogP contribution is 2.15. The Balaban J connectivity index is 2.03. The van der Waals surface area contributed by atoms with Gasteiger partial charge in [-0.3, -0.25) is 25.0 Å². The van der Waals surface area contributed by atoms with Crippen molar-refractivity contribution in [2.24, 2.45) is 0 Å². The largest absolute Gasteiger partial charge is 0.467 e. The van der Waals surface area contributed by atoms with E-state index in [1.54, 1.807) is 0 Å². The van der Waals surface area contributed by atoms with Crippen molar-refractivity contribution in [3.8, 4) is 0 Å². The number of quaternary nitrogens is 1. The van der Waals surface area contributed by atoms with Gasteiger partial charge in [0.2, 0.25) is 0 Å². The monoisotopic (exact) mass is 417 g/mol. The molecule has 2 aromatic rings. The van der Waals surface area contributed by atoms with Gasteiger partial charge in [0.05, 0.1) is 17.0 Å². The number of carbonyl (C=O) groups excluding carboxylic acids is 2. The quantitative estimate of drug-likeness (QED) is 0.341. The van der Waals surface area contributed by atoms with Crippen molar-refractivity contribution in [1.29, 1.82) is 0 Å². The summed E-state index contributed by atoms with van der Waals surface area (Å²) in [5.74, 6) is -1.16. The van der Waals surface area contributed by atoms with Crippen LogP contribution in [0.2, 0.25) is 0 Å². The molecular weight excluding hydrogens is 396 g/mol. The number of methoxy groups -OCH3 is 1. The number of ether oxygens (including phenoxy) is 1. The Morgan fingerprint density at radius 3 is 1.77 bits per heavy atom. The fourth-order valence-corrected chi connectivity index (χ4v) is 2.75. The summed E-state index contributed by atoms with van der Waals surface area (Å²) in [6.45, 7) is 0. The number of benzene rings is 2. The summed E-state index contributed by atoms with van der Waals surface area (Å²) in [5, 5.41) is 24.0. The van der Waals surface area contributed by atoms with Crippen molar-refractivity contribution < 1.29 is 29.9 Å². The zero-order valence-corrected chi connectivity index (χ0v) is 16.1. The molecule has 0 heterocycles. The van der Waals surface area contributed by atoms with Gasteiger partial charge in [-0.2, -0.15) is 0 Å². The Hall–Kier alpha value is -3.86. The second kappa shape index (κ2) is 10.1. The number of nitro groups is 2. The molecule has 0 bridgehead atoms. The third-order valence-corrected chi connectivity index (χ3v) is 4.39. The number of hydrogen-bond acceptors (Lipinski definition) is 7. The van der Waals surface area contributed by atoms with Crippen LogP contribution in [0.1, 0.15) is 11.1 Å². The smallest absolute Gasteiger partial charge is 0.328 e. The van der Waals surface area contributed by atoms with E-state index in [1.807, 2.05) is 0 Å².